The van der Waals surface area contributed by atoms with Crippen LogP contribution in [0.2, 0.25) is 0 Å². The Morgan fingerprint density at radius 1 is 1.19 bits per heavy atom. The van der Waals surface area contributed by atoms with Crippen molar-refractivity contribution >= 4 is 11.9 Å². The van der Waals surface area contributed by atoms with Gasteiger partial charge in [0.15, 0.2) is 24.2 Å². The number of hydrogen-bond acceptors (Lipinski definition) is 4. The number of carbonyl (C=O) groups is 2. The van der Waals surface area contributed by atoms with Crippen LogP contribution in [0.15, 0.2) is 36.4 Å². The van der Waals surface area contributed by atoms with Crippen molar-refractivity contribution in [2.45, 2.75) is 19.9 Å². The van der Waals surface area contributed by atoms with Crippen LogP contribution in [0.1, 0.15) is 22.7 Å². The molecule has 6 nitrogen and oxygen atoms in total. The van der Waals surface area contributed by atoms with Crippen LogP contribution >= 0.6 is 0 Å². The zero-order valence-electron chi connectivity index (χ0n) is 14.7. The van der Waals surface area contributed by atoms with Crippen molar-refractivity contribution < 1.29 is 28.6 Å². The third-order valence-electron chi connectivity index (χ3n) is 3.82. The minimum absolute atomic E-state index is 0.0115. The Kier molecular flexibility index (Phi) is 6.16. The predicted molar refractivity (Wildman–Crippen MR) is 92.9 cm³/mol. The molecule has 0 saturated carbocycles. The fraction of sp³-hybridized carbons (Fsp3) is 0.263. The van der Waals surface area contributed by atoms with Gasteiger partial charge in [0, 0.05) is 0 Å². The number of halogens is 1. The number of para-hydroxylation sites is 1. The molecule has 0 spiro atoms. The highest BCUT2D eigenvalue weighted by atomic mass is 19.1. The molecule has 0 fully saturated rings. The van der Waals surface area contributed by atoms with E-state index in [1.54, 1.807) is 0 Å². The van der Waals surface area contributed by atoms with Crippen LogP contribution in [0.4, 0.5) is 4.39 Å². The van der Waals surface area contributed by atoms with E-state index >= 15 is 0 Å². The van der Waals surface area contributed by atoms with E-state index in [4.69, 9.17) is 9.47 Å². The van der Waals surface area contributed by atoms with Gasteiger partial charge in [0.25, 0.3) is 5.91 Å². The molecule has 0 aliphatic rings. The SMILES string of the molecule is COc1ccc(C(NC(=O)COc2c(C)cccc2C)C(=O)O)cc1F. The molecule has 0 radical (unpaired) electrons. The molecule has 1 amide bonds. The molecule has 0 aliphatic carbocycles. The number of aryl methyl sites for hydroxylation is 2. The highest BCUT2D eigenvalue weighted by Crippen LogP contribution is 2.23. The van der Waals surface area contributed by atoms with Crippen LogP contribution in [0.3, 0.4) is 0 Å². The molecule has 2 aromatic rings. The number of carboxylic acid groups (broad SMARTS) is 1. The van der Waals surface area contributed by atoms with Crippen LogP contribution < -0.4 is 14.8 Å². The number of carbonyl (C=O) groups excluding carboxylic acids is 1. The first-order valence-electron chi connectivity index (χ1n) is 7.88. The average molecular weight is 361 g/mol. The van der Waals surface area contributed by atoms with Gasteiger partial charge in [0.05, 0.1) is 7.11 Å². The maximum absolute atomic E-state index is 13.8. The van der Waals surface area contributed by atoms with Gasteiger partial charge in [-0.15, -0.1) is 0 Å². The second kappa shape index (κ2) is 8.33. The highest BCUT2D eigenvalue weighted by Gasteiger charge is 2.23. The van der Waals surface area contributed by atoms with E-state index in [1.807, 2.05) is 32.0 Å². The van der Waals surface area contributed by atoms with E-state index in [2.05, 4.69) is 5.32 Å². The molecule has 0 saturated heterocycles. The van der Waals surface area contributed by atoms with E-state index in [9.17, 15) is 19.1 Å². The number of benzene rings is 2. The largest absolute Gasteiger partial charge is 0.494 e. The second-order valence-corrected chi connectivity index (χ2v) is 5.74. The smallest absolute Gasteiger partial charge is 0.330 e. The van der Waals surface area contributed by atoms with Crippen LogP contribution in [0.25, 0.3) is 0 Å². The van der Waals surface area contributed by atoms with Crippen molar-refractivity contribution in [1.29, 1.82) is 0 Å². The maximum atomic E-state index is 13.8. The summed E-state index contributed by atoms with van der Waals surface area (Å²) in [7, 11) is 1.30. The normalized spacial score (nSPS) is 11.5. The van der Waals surface area contributed by atoms with Crippen molar-refractivity contribution in [2.24, 2.45) is 0 Å². The van der Waals surface area contributed by atoms with E-state index < -0.39 is 23.7 Å². The molecule has 0 aliphatic heterocycles. The first kappa shape index (κ1) is 19.2. The lowest BCUT2D eigenvalue weighted by Gasteiger charge is -2.17. The van der Waals surface area contributed by atoms with Gasteiger partial charge in [-0.25, -0.2) is 9.18 Å². The Bertz CT molecular complexity index is 801. The summed E-state index contributed by atoms with van der Waals surface area (Å²) in [6.45, 7) is 3.34. The molecule has 1 unspecified atom stereocenters. The number of amides is 1. The van der Waals surface area contributed by atoms with E-state index in [-0.39, 0.29) is 17.9 Å². The number of ether oxygens (including phenoxy) is 2. The summed E-state index contributed by atoms with van der Waals surface area (Å²) >= 11 is 0. The number of aliphatic carboxylic acids is 1. The zero-order valence-corrected chi connectivity index (χ0v) is 14.7. The van der Waals surface area contributed by atoms with Crippen molar-refractivity contribution in [3.05, 3.63) is 58.9 Å². The number of nitrogens with one attached hydrogen (secondary N) is 1. The third-order valence-corrected chi connectivity index (χ3v) is 3.82. The van der Waals surface area contributed by atoms with Gasteiger partial charge in [-0.2, -0.15) is 0 Å². The minimum Gasteiger partial charge on any atom is -0.494 e. The molecule has 2 rings (SSSR count). The molecule has 7 heteroatoms. The highest BCUT2D eigenvalue weighted by molar-refractivity contribution is 5.85. The van der Waals surface area contributed by atoms with Gasteiger partial charge in [-0.3, -0.25) is 4.79 Å². The minimum atomic E-state index is -1.40. The summed E-state index contributed by atoms with van der Waals surface area (Å²) in [6, 6.07) is 7.87. The summed E-state index contributed by atoms with van der Waals surface area (Å²) in [6.07, 6.45) is 0. The first-order valence-corrected chi connectivity index (χ1v) is 7.88. The predicted octanol–water partition coefficient (Wildman–Crippen LogP) is 2.77. The maximum Gasteiger partial charge on any atom is 0.330 e. The standard InChI is InChI=1S/C19H20FNO5/c1-11-5-4-6-12(2)18(11)26-10-16(22)21-17(19(23)24)13-7-8-15(25-3)14(20)9-13/h4-9,17H,10H2,1-3H3,(H,21,22)(H,23,24). The van der Waals surface area contributed by atoms with Crippen molar-refractivity contribution in [3.63, 3.8) is 0 Å². The van der Waals surface area contributed by atoms with Crippen LogP contribution in [-0.2, 0) is 9.59 Å². The third kappa shape index (κ3) is 4.50. The molecular weight excluding hydrogens is 341 g/mol. The zero-order chi connectivity index (χ0) is 19.3. The summed E-state index contributed by atoms with van der Waals surface area (Å²) in [5.74, 6) is -2.09. The summed E-state index contributed by atoms with van der Waals surface area (Å²) in [4.78, 5) is 23.6. The van der Waals surface area contributed by atoms with Crippen LogP contribution in [0.5, 0.6) is 11.5 Å². The van der Waals surface area contributed by atoms with Crippen molar-refractivity contribution in [1.82, 2.24) is 5.32 Å². The van der Waals surface area contributed by atoms with Crippen molar-refractivity contribution in [2.75, 3.05) is 13.7 Å². The van der Waals surface area contributed by atoms with E-state index in [1.165, 1.54) is 19.2 Å². The van der Waals surface area contributed by atoms with Gasteiger partial charge in [-0.05, 0) is 42.7 Å². The summed E-state index contributed by atoms with van der Waals surface area (Å²) < 4.78 is 24.1. The fourth-order valence-corrected chi connectivity index (χ4v) is 2.52. The molecule has 0 heterocycles. The molecule has 2 N–H and O–H groups in total. The van der Waals surface area contributed by atoms with E-state index in [0.29, 0.717) is 5.75 Å². The van der Waals surface area contributed by atoms with Crippen LogP contribution in [0, 0.1) is 19.7 Å². The van der Waals surface area contributed by atoms with Gasteiger partial charge < -0.3 is 19.9 Å². The Morgan fingerprint density at radius 3 is 2.38 bits per heavy atom. The Hall–Kier alpha value is -3.09. The molecule has 26 heavy (non-hydrogen) atoms. The lowest BCUT2D eigenvalue weighted by Crippen LogP contribution is -2.36. The summed E-state index contributed by atoms with van der Waals surface area (Å²) in [5, 5.41) is 11.7. The average Bonchev–Trinajstić information content (AvgIpc) is 2.59. The van der Waals surface area contributed by atoms with E-state index in [0.717, 1.165) is 17.2 Å². The van der Waals surface area contributed by atoms with Gasteiger partial charge in [0.2, 0.25) is 0 Å². The number of carboxylic acids is 1. The number of methoxy groups -OCH3 is 1. The molecule has 0 bridgehead atoms. The van der Waals surface area contributed by atoms with Gasteiger partial charge in [-0.1, -0.05) is 24.3 Å². The van der Waals surface area contributed by atoms with Gasteiger partial charge >= 0.3 is 5.97 Å². The summed E-state index contributed by atoms with van der Waals surface area (Å²) in [5.41, 5.74) is 1.82. The second-order valence-electron chi connectivity index (χ2n) is 5.74. The number of rotatable bonds is 7. The quantitative estimate of drug-likeness (QED) is 0.792. The molecular formula is C19H20FNO5. The Morgan fingerprint density at radius 2 is 1.85 bits per heavy atom. The molecule has 0 aromatic heterocycles. The van der Waals surface area contributed by atoms with Crippen molar-refractivity contribution in [3.8, 4) is 11.5 Å². The molecule has 2 aromatic carbocycles. The van der Waals surface area contributed by atoms with Gasteiger partial charge in [0.1, 0.15) is 5.75 Å². The Labute approximate surface area is 150 Å². The number of hydrogen-bond donors (Lipinski definition) is 2. The topological polar surface area (TPSA) is 84.9 Å². The molecule has 138 valence electrons. The monoisotopic (exact) mass is 361 g/mol. The fourth-order valence-electron chi connectivity index (χ4n) is 2.52. The lowest BCUT2D eigenvalue weighted by molar-refractivity contribution is -0.142. The Balaban J connectivity index is 2.09. The lowest BCUT2D eigenvalue weighted by atomic mass is 10.1. The molecule has 1 atom stereocenters. The van der Waals surface area contributed by atoms with Crippen LogP contribution in [-0.4, -0.2) is 30.7 Å². The first-order chi connectivity index (χ1) is 12.3.